The summed E-state index contributed by atoms with van der Waals surface area (Å²) in [4.78, 5) is 2.51. The molecule has 0 radical (unpaired) electrons. The Balaban J connectivity index is 1.90. The summed E-state index contributed by atoms with van der Waals surface area (Å²) >= 11 is 0. The molecule has 2 N–H and O–H groups in total. The number of rotatable bonds is 1. The molecule has 18 heavy (non-hydrogen) atoms. The van der Waals surface area contributed by atoms with E-state index in [-0.39, 0.29) is 0 Å². The molecular formula is C15H19N3. The molecule has 1 aromatic carbocycles. The van der Waals surface area contributed by atoms with Crippen molar-refractivity contribution in [2.45, 2.75) is 38.1 Å². The number of hydrogen-bond donors (Lipinski definition) is 1. The monoisotopic (exact) mass is 241 g/mol. The van der Waals surface area contributed by atoms with Gasteiger partial charge < -0.3 is 10.6 Å². The number of benzene rings is 1. The van der Waals surface area contributed by atoms with E-state index in [0.717, 1.165) is 12.5 Å². The lowest BCUT2D eigenvalue weighted by Crippen LogP contribution is -2.42. The molecule has 1 aliphatic heterocycles. The third-order valence-electron chi connectivity index (χ3n) is 4.48. The van der Waals surface area contributed by atoms with Crippen LogP contribution in [-0.2, 0) is 0 Å². The maximum atomic E-state index is 8.93. The largest absolute Gasteiger partial charge is 0.398 e. The zero-order valence-electron chi connectivity index (χ0n) is 10.6. The number of nitrogens with zero attached hydrogens (tertiary/aromatic N) is 2. The summed E-state index contributed by atoms with van der Waals surface area (Å²) in [5.41, 5.74) is 8.31. The molecule has 0 aromatic heterocycles. The molecular weight excluding hydrogens is 222 g/mol. The maximum Gasteiger partial charge on any atom is 0.101 e. The number of nitriles is 1. The topological polar surface area (TPSA) is 53.0 Å². The lowest BCUT2D eigenvalue weighted by atomic mass is 9.91. The molecule has 0 amide bonds. The van der Waals surface area contributed by atoms with Crippen molar-refractivity contribution in [1.29, 1.82) is 5.26 Å². The van der Waals surface area contributed by atoms with Gasteiger partial charge in [0.1, 0.15) is 6.07 Å². The van der Waals surface area contributed by atoms with E-state index in [1.165, 1.54) is 37.8 Å². The van der Waals surface area contributed by atoms with Crippen molar-refractivity contribution in [1.82, 2.24) is 0 Å². The van der Waals surface area contributed by atoms with Crippen LogP contribution in [0, 0.1) is 17.2 Å². The first-order valence-electron chi connectivity index (χ1n) is 6.86. The molecule has 0 bridgehead atoms. The second kappa shape index (κ2) is 4.53. The van der Waals surface area contributed by atoms with Gasteiger partial charge in [0.15, 0.2) is 0 Å². The lowest BCUT2D eigenvalue weighted by Gasteiger charge is -2.39. The molecule has 2 aliphatic rings. The van der Waals surface area contributed by atoms with Crippen molar-refractivity contribution >= 4 is 11.4 Å². The molecule has 0 spiro atoms. The van der Waals surface area contributed by atoms with E-state index < -0.39 is 0 Å². The van der Waals surface area contributed by atoms with Crippen LogP contribution in [0.25, 0.3) is 0 Å². The van der Waals surface area contributed by atoms with E-state index in [0.29, 0.717) is 17.3 Å². The van der Waals surface area contributed by atoms with E-state index in [2.05, 4.69) is 17.0 Å². The lowest BCUT2D eigenvalue weighted by molar-refractivity contribution is 0.362. The Morgan fingerprint density at radius 2 is 2.06 bits per heavy atom. The van der Waals surface area contributed by atoms with Crippen molar-refractivity contribution in [2.75, 3.05) is 17.2 Å². The van der Waals surface area contributed by atoms with Gasteiger partial charge in [0, 0.05) is 18.3 Å². The SMILES string of the molecule is N#Cc1ccc(N2CCCC3CCCC32)cc1N. The molecule has 94 valence electrons. The van der Waals surface area contributed by atoms with Crippen LogP contribution in [0.2, 0.25) is 0 Å². The van der Waals surface area contributed by atoms with Crippen LogP contribution >= 0.6 is 0 Å². The van der Waals surface area contributed by atoms with Gasteiger partial charge >= 0.3 is 0 Å². The van der Waals surface area contributed by atoms with E-state index >= 15 is 0 Å². The number of anilines is 2. The fraction of sp³-hybridized carbons (Fsp3) is 0.533. The van der Waals surface area contributed by atoms with E-state index in [9.17, 15) is 0 Å². The first-order valence-corrected chi connectivity index (χ1v) is 6.86. The normalized spacial score (nSPS) is 26.7. The predicted molar refractivity (Wildman–Crippen MR) is 73.3 cm³/mol. The minimum absolute atomic E-state index is 0.582. The van der Waals surface area contributed by atoms with Crippen LogP contribution in [0.1, 0.15) is 37.7 Å². The van der Waals surface area contributed by atoms with Crippen molar-refractivity contribution in [3.8, 4) is 6.07 Å². The van der Waals surface area contributed by atoms with Gasteiger partial charge in [-0.2, -0.15) is 5.26 Å². The van der Waals surface area contributed by atoms with Crippen molar-refractivity contribution in [3.05, 3.63) is 23.8 Å². The third kappa shape index (κ3) is 1.82. The number of hydrogen-bond acceptors (Lipinski definition) is 3. The molecule has 3 rings (SSSR count). The fourth-order valence-electron chi connectivity index (χ4n) is 3.61. The standard InChI is InChI=1S/C15H19N3/c16-10-12-6-7-13(9-14(12)17)18-8-2-4-11-3-1-5-15(11)18/h6-7,9,11,15H,1-5,8,17H2. The van der Waals surface area contributed by atoms with Crippen LogP contribution < -0.4 is 10.6 Å². The molecule has 1 heterocycles. The first kappa shape index (κ1) is 11.4. The quantitative estimate of drug-likeness (QED) is 0.769. The molecule has 3 heteroatoms. The highest BCUT2D eigenvalue weighted by atomic mass is 15.2. The highest BCUT2D eigenvalue weighted by molar-refractivity contribution is 5.64. The Labute approximate surface area is 108 Å². The van der Waals surface area contributed by atoms with E-state index in [4.69, 9.17) is 11.0 Å². The molecule has 1 saturated carbocycles. The van der Waals surface area contributed by atoms with Gasteiger partial charge in [0.05, 0.1) is 11.3 Å². The van der Waals surface area contributed by atoms with Gasteiger partial charge in [-0.25, -0.2) is 0 Å². The Kier molecular flexibility index (Phi) is 2.87. The summed E-state index contributed by atoms with van der Waals surface area (Å²) in [6.45, 7) is 1.13. The van der Waals surface area contributed by atoms with Gasteiger partial charge in [-0.15, -0.1) is 0 Å². The Morgan fingerprint density at radius 1 is 1.22 bits per heavy atom. The van der Waals surface area contributed by atoms with Crippen LogP contribution in [0.4, 0.5) is 11.4 Å². The van der Waals surface area contributed by atoms with Gasteiger partial charge in [-0.05, 0) is 49.8 Å². The Hall–Kier alpha value is -1.69. The van der Waals surface area contributed by atoms with E-state index in [1.807, 2.05) is 12.1 Å². The van der Waals surface area contributed by atoms with Crippen LogP contribution in [0.5, 0.6) is 0 Å². The van der Waals surface area contributed by atoms with Crippen molar-refractivity contribution in [2.24, 2.45) is 5.92 Å². The summed E-state index contributed by atoms with van der Waals surface area (Å²) < 4.78 is 0. The van der Waals surface area contributed by atoms with Gasteiger partial charge in [0.2, 0.25) is 0 Å². The number of nitrogen functional groups attached to an aromatic ring is 1. The van der Waals surface area contributed by atoms with Gasteiger partial charge in [0.25, 0.3) is 0 Å². The first-order chi connectivity index (χ1) is 8.79. The zero-order chi connectivity index (χ0) is 12.5. The summed E-state index contributed by atoms with van der Waals surface area (Å²) in [6, 6.07) is 8.70. The fourth-order valence-corrected chi connectivity index (χ4v) is 3.61. The molecule has 2 unspecified atom stereocenters. The molecule has 1 saturated heterocycles. The van der Waals surface area contributed by atoms with Crippen molar-refractivity contribution < 1.29 is 0 Å². The zero-order valence-corrected chi connectivity index (χ0v) is 10.6. The molecule has 2 atom stereocenters. The summed E-state index contributed by atoms with van der Waals surface area (Å²) in [7, 11) is 0. The van der Waals surface area contributed by atoms with E-state index in [1.54, 1.807) is 0 Å². The summed E-state index contributed by atoms with van der Waals surface area (Å²) in [5.74, 6) is 0.871. The summed E-state index contributed by atoms with van der Waals surface area (Å²) in [6.07, 6.45) is 6.71. The number of nitrogens with two attached hydrogens (primary N) is 1. The average molecular weight is 241 g/mol. The molecule has 2 fully saturated rings. The second-order valence-corrected chi connectivity index (χ2v) is 5.48. The average Bonchev–Trinajstić information content (AvgIpc) is 2.86. The van der Waals surface area contributed by atoms with Gasteiger partial charge in [-0.3, -0.25) is 0 Å². The van der Waals surface area contributed by atoms with Crippen LogP contribution in [0.15, 0.2) is 18.2 Å². The predicted octanol–water partition coefficient (Wildman–Crippen LogP) is 2.91. The van der Waals surface area contributed by atoms with Gasteiger partial charge in [-0.1, -0.05) is 6.42 Å². The number of fused-ring (bicyclic) bond motifs is 1. The molecule has 1 aliphatic carbocycles. The third-order valence-corrected chi connectivity index (χ3v) is 4.48. The summed E-state index contributed by atoms with van der Waals surface area (Å²) in [5, 5.41) is 8.93. The highest BCUT2D eigenvalue weighted by Gasteiger charge is 2.35. The van der Waals surface area contributed by atoms with Crippen molar-refractivity contribution in [3.63, 3.8) is 0 Å². The highest BCUT2D eigenvalue weighted by Crippen LogP contribution is 2.39. The molecule has 1 aromatic rings. The Morgan fingerprint density at radius 3 is 2.83 bits per heavy atom. The number of piperidine rings is 1. The second-order valence-electron chi connectivity index (χ2n) is 5.48. The smallest absolute Gasteiger partial charge is 0.101 e. The maximum absolute atomic E-state index is 8.93. The van der Waals surface area contributed by atoms with Crippen LogP contribution in [-0.4, -0.2) is 12.6 Å². The Bertz CT molecular complexity index is 489. The minimum Gasteiger partial charge on any atom is -0.398 e. The minimum atomic E-state index is 0.582. The van der Waals surface area contributed by atoms with Crippen LogP contribution in [0.3, 0.4) is 0 Å². The molecule has 3 nitrogen and oxygen atoms in total.